The van der Waals surface area contributed by atoms with Gasteiger partial charge in [0, 0.05) is 5.69 Å². The van der Waals surface area contributed by atoms with Crippen molar-refractivity contribution in [1.29, 1.82) is 0 Å². The number of hydrogen-bond donors (Lipinski definition) is 0. The van der Waals surface area contributed by atoms with E-state index >= 15 is 0 Å². The van der Waals surface area contributed by atoms with Gasteiger partial charge in [-0.1, -0.05) is 30.3 Å². The molecule has 96 valence electrons. The normalized spacial score (nSPS) is 11.2. The largest absolute Gasteiger partial charge is 1.00 e. The van der Waals surface area contributed by atoms with Crippen LogP contribution in [-0.4, -0.2) is 22.5 Å². The summed E-state index contributed by atoms with van der Waals surface area (Å²) < 4.78 is 35.4. The molecule has 1 aromatic heterocycles. The Bertz CT molecular complexity index is 844. The molecule has 0 N–H and O–H groups in total. The van der Waals surface area contributed by atoms with E-state index < -0.39 is 15.3 Å². The van der Waals surface area contributed by atoms with Crippen LogP contribution >= 0.6 is 0 Å². The minimum atomic E-state index is -4.64. The Morgan fingerprint density at radius 2 is 1.55 bits per heavy atom. The maximum Gasteiger partial charge on any atom is 1.00 e. The van der Waals surface area contributed by atoms with Crippen molar-refractivity contribution in [2.24, 2.45) is 0 Å². The van der Waals surface area contributed by atoms with Gasteiger partial charge in [0.25, 0.3) is 0 Å². The standard InChI is InChI=1S/C13H10N2O3S.K/c16-19(17,18)13-14-11-8-4-5-9-12(11)15(13)10-6-2-1-3-7-10;/h1-9H,(H,16,17,18);/q;+1/p-1. The van der Waals surface area contributed by atoms with E-state index in [1.165, 1.54) is 4.57 Å². The van der Waals surface area contributed by atoms with E-state index in [0.717, 1.165) is 0 Å². The molecule has 0 atom stereocenters. The number of benzene rings is 2. The van der Waals surface area contributed by atoms with E-state index in [1.54, 1.807) is 48.5 Å². The van der Waals surface area contributed by atoms with Crippen LogP contribution < -0.4 is 51.4 Å². The molecule has 0 bridgehead atoms. The maximum absolute atomic E-state index is 11.4. The number of rotatable bonds is 2. The first-order chi connectivity index (χ1) is 9.07. The van der Waals surface area contributed by atoms with E-state index in [1.807, 2.05) is 6.07 Å². The summed E-state index contributed by atoms with van der Waals surface area (Å²) in [6.07, 6.45) is 0. The molecule has 3 rings (SSSR count). The topological polar surface area (TPSA) is 75.0 Å². The second-order valence-electron chi connectivity index (χ2n) is 4.01. The third-order valence-corrected chi connectivity index (χ3v) is 3.49. The van der Waals surface area contributed by atoms with Gasteiger partial charge < -0.3 is 4.55 Å². The van der Waals surface area contributed by atoms with Gasteiger partial charge >= 0.3 is 51.4 Å². The number of nitrogens with zero attached hydrogens (tertiary/aromatic N) is 2. The van der Waals surface area contributed by atoms with Crippen LogP contribution in [0.4, 0.5) is 0 Å². The summed E-state index contributed by atoms with van der Waals surface area (Å²) in [7, 11) is -4.64. The first-order valence-corrected chi connectivity index (χ1v) is 6.97. The molecule has 5 nitrogen and oxygen atoms in total. The Hall–Kier alpha value is -0.544. The van der Waals surface area contributed by atoms with Gasteiger partial charge in [-0.3, -0.25) is 4.57 Å². The summed E-state index contributed by atoms with van der Waals surface area (Å²) in [4.78, 5) is 3.92. The Morgan fingerprint density at radius 1 is 0.950 bits per heavy atom. The second-order valence-corrected chi connectivity index (χ2v) is 5.28. The molecule has 2 aromatic carbocycles. The predicted octanol–water partition coefficient (Wildman–Crippen LogP) is -1.07. The van der Waals surface area contributed by atoms with Crippen LogP contribution in [0.25, 0.3) is 16.7 Å². The minimum absolute atomic E-state index is 0. The van der Waals surface area contributed by atoms with Crippen molar-refractivity contribution in [3.05, 3.63) is 54.6 Å². The van der Waals surface area contributed by atoms with Gasteiger partial charge in [0.1, 0.15) is 0 Å². The number of para-hydroxylation sites is 3. The second kappa shape index (κ2) is 6.06. The summed E-state index contributed by atoms with van der Waals surface area (Å²) in [6.45, 7) is 0. The van der Waals surface area contributed by atoms with Gasteiger partial charge in [-0.05, 0) is 24.3 Å². The van der Waals surface area contributed by atoms with E-state index in [2.05, 4.69) is 4.98 Å². The van der Waals surface area contributed by atoms with E-state index in [4.69, 9.17) is 0 Å². The summed E-state index contributed by atoms with van der Waals surface area (Å²) >= 11 is 0. The van der Waals surface area contributed by atoms with E-state index in [-0.39, 0.29) is 51.4 Å². The van der Waals surface area contributed by atoms with Crippen LogP contribution in [0.5, 0.6) is 0 Å². The molecule has 0 radical (unpaired) electrons. The first-order valence-electron chi connectivity index (χ1n) is 5.56. The zero-order valence-corrected chi connectivity index (χ0v) is 14.7. The van der Waals surface area contributed by atoms with Crippen molar-refractivity contribution in [2.75, 3.05) is 0 Å². The van der Waals surface area contributed by atoms with E-state index in [9.17, 15) is 13.0 Å². The quantitative estimate of drug-likeness (QED) is 0.446. The summed E-state index contributed by atoms with van der Waals surface area (Å²) in [5, 5.41) is -0.486. The fourth-order valence-electron chi connectivity index (χ4n) is 2.00. The Balaban J connectivity index is 0.00000147. The molecular weight excluding hydrogens is 303 g/mol. The molecule has 0 spiro atoms. The number of aromatic nitrogens is 2. The number of fused-ring (bicyclic) bond motifs is 1. The van der Waals surface area contributed by atoms with Gasteiger partial charge in [-0.25, -0.2) is 13.4 Å². The van der Waals surface area contributed by atoms with E-state index in [0.29, 0.717) is 16.7 Å². The molecule has 0 fully saturated rings. The van der Waals surface area contributed by atoms with Crippen LogP contribution in [0.3, 0.4) is 0 Å². The number of imidazole rings is 1. The van der Waals surface area contributed by atoms with Gasteiger partial charge in [-0.15, -0.1) is 0 Å². The molecule has 0 aliphatic rings. The van der Waals surface area contributed by atoms with Crippen molar-refractivity contribution in [3.8, 4) is 5.69 Å². The van der Waals surface area contributed by atoms with Crippen LogP contribution in [0.2, 0.25) is 0 Å². The average molecular weight is 312 g/mol. The predicted molar refractivity (Wildman–Crippen MR) is 69.0 cm³/mol. The van der Waals surface area contributed by atoms with Gasteiger partial charge in [0.15, 0.2) is 10.1 Å². The smallest absolute Gasteiger partial charge is 0.742 e. The van der Waals surface area contributed by atoms with Crippen molar-refractivity contribution in [1.82, 2.24) is 9.55 Å². The fraction of sp³-hybridized carbons (Fsp3) is 0. The van der Waals surface area contributed by atoms with Crippen LogP contribution in [0.15, 0.2) is 59.8 Å². The monoisotopic (exact) mass is 312 g/mol. The summed E-state index contributed by atoms with van der Waals surface area (Å²) in [5.41, 5.74) is 1.65. The maximum atomic E-state index is 11.4. The molecule has 1 heterocycles. The minimum Gasteiger partial charge on any atom is -0.742 e. The zero-order valence-electron chi connectivity index (χ0n) is 10.7. The van der Waals surface area contributed by atoms with Gasteiger partial charge in [0.2, 0.25) is 5.16 Å². The SMILES string of the molecule is O=S(=O)([O-])c1nc2ccccc2n1-c1ccccc1.[K+]. The Morgan fingerprint density at radius 3 is 2.20 bits per heavy atom. The third kappa shape index (κ3) is 2.89. The first kappa shape index (κ1) is 15.8. The Kier molecular flexibility index (Phi) is 4.80. The zero-order chi connectivity index (χ0) is 13.5. The van der Waals surface area contributed by atoms with Crippen LogP contribution in [0, 0.1) is 0 Å². The molecule has 20 heavy (non-hydrogen) atoms. The molecule has 0 aliphatic carbocycles. The molecular formula is C13H9KN2O3S. The summed E-state index contributed by atoms with van der Waals surface area (Å²) in [6, 6.07) is 15.7. The van der Waals surface area contributed by atoms with Crippen molar-refractivity contribution < 1.29 is 64.4 Å². The average Bonchev–Trinajstić information content (AvgIpc) is 2.79. The van der Waals surface area contributed by atoms with Crippen LogP contribution in [-0.2, 0) is 10.1 Å². The van der Waals surface area contributed by atoms with Crippen molar-refractivity contribution in [2.45, 2.75) is 5.16 Å². The van der Waals surface area contributed by atoms with Crippen molar-refractivity contribution in [3.63, 3.8) is 0 Å². The molecule has 0 amide bonds. The fourth-order valence-corrected chi connectivity index (χ4v) is 2.64. The molecule has 0 saturated heterocycles. The molecule has 0 saturated carbocycles. The number of hydrogen-bond acceptors (Lipinski definition) is 4. The molecule has 0 unspecified atom stereocenters. The Labute approximate surface area is 158 Å². The summed E-state index contributed by atoms with van der Waals surface area (Å²) in [5.74, 6) is 0. The molecule has 3 aromatic rings. The van der Waals surface area contributed by atoms with Gasteiger partial charge in [-0.2, -0.15) is 0 Å². The molecule has 0 aliphatic heterocycles. The molecule has 7 heteroatoms. The van der Waals surface area contributed by atoms with Crippen molar-refractivity contribution >= 4 is 21.2 Å². The van der Waals surface area contributed by atoms with Crippen LogP contribution in [0.1, 0.15) is 0 Å². The van der Waals surface area contributed by atoms with Gasteiger partial charge in [0.05, 0.1) is 11.0 Å². The third-order valence-electron chi connectivity index (χ3n) is 2.77.